The van der Waals surface area contributed by atoms with Gasteiger partial charge >= 0.3 is 0 Å². The molecule has 0 saturated carbocycles. The van der Waals surface area contributed by atoms with Gasteiger partial charge in [0.2, 0.25) is 0 Å². The number of benzene rings is 1. The average molecular weight is 250 g/mol. The molecule has 0 spiro atoms. The summed E-state index contributed by atoms with van der Waals surface area (Å²) in [5.74, 6) is -0.307. The molecule has 0 radical (unpaired) electrons. The Kier molecular flexibility index (Phi) is 3.60. The molecule has 0 amide bonds. The van der Waals surface area contributed by atoms with Crippen LogP contribution in [-0.4, -0.2) is 5.11 Å². The first-order valence-corrected chi connectivity index (χ1v) is 6.52. The Morgan fingerprint density at radius 1 is 1.35 bits per heavy atom. The topological polar surface area (TPSA) is 20.2 Å². The largest absolute Gasteiger partial charge is 0.385 e. The Morgan fingerprint density at radius 2 is 2.18 bits per heavy atom. The second-order valence-corrected chi connectivity index (χ2v) is 5.20. The third-order valence-electron chi connectivity index (χ3n) is 2.93. The van der Waals surface area contributed by atoms with E-state index < -0.39 is 5.60 Å². The fourth-order valence-corrected chi connectivity index (χ4v) is 2.49. The maximum Gasteiger partial charge on any atom is 0.123 e. The van der Waals surface area contributed by atoms with Crippen molar-refractivity contribution in [1.29, 1.82) is 0 Å². The highest BCUT2D eigenvalue weighted by Gasteiger charge is 2.23. The molecule has 1 aromatic heterocycles. The first kappa shape index (κ1) is 12.3. The van der Waals surface area contributed by atoms with E-state index in [0.29, 0.717) is 12.0 Å². The second-order valence-electron chi connectivity index (χ2n) is 4.42. The summed E-state index contributed by atoms with van der Waals surface area (Å²) in [6.07, 6.45) is 1.39. The van der Waals surface area contributed by atoms with E-state index in [1.807, 2.05) is 11.4 Å². The maximum absolute atomic E-state index is 13.1. The summed E-state index contributed by atoms with van der Waals surface area (Å²) >= 11 is 1.65. The highest BCUT2D eigenvalue weighted by atomic mass is 32.1. The molecule has 0 fully saturated rings. The zero-order chi connectivity index (χ0) is 12.3. The van der Waals surface area contributed by atoms with E-state index in [2.05, 4.69) is 5.38 Å². The molecule has 3 heteroatoms. The Balaban J connectivity index is 2.08. The minimum atomic E-state index is -0.982. The van der Waals surface area contributed by atoms with Crippen LogP contribution in [0.4, 0.5) is 4.39 Å². The first-order chi connectivity index (χ1) is 8.08. The Bertz CT molecular complexity index is 477. The van der Waals surface area contributed by atoms with Crippen LogP contribution < -0.4 is 0 Å². The van der Waals surface area contributed by atoms with E-state index >= 15 is 0 Å². The predicted molar refractivity (Wildman–Crippen MR) is 68.6 cm³/mol. The molecule has 0 saturated heterocycles. The van der Waals surface area contributed by atoms with Crippen molar-refractivity contribution in [1.82, 2.24) is 0 Å². The number of aryl methyl sites for hydroxylation is 1. The van der Waals surface area contributed by atoms with Gasteiger partial charge in [-0.1, -0.05) is 12.1 Å². The van der Waals surface area contributed by atoms with Crippen LogP contribution in [0.25, 0.3) is 0 Å². The van der Waals surface area contributed by atoms with Crippen molar-refractivity contribution in [3.05, 3.63) is 58.0 Å². The molecule has 1 unspecified atom stereocenters. The van der Waals surface area contributed by atoms with Crippen molar-refractivity contribution >= 4 is 11.3 Å². The van der Waals surface area contributed by atoms with E-state index in [-0.39, 0.29) is 5.82 Å². The van der Waals surface area contributed by atoms with E-state index in [1.54, 1.807) is 30.4 Å². The lowest BCUT2D eigenvalue weighted by molar-refractivity contribution is 0.0477. The van der Waals surface area contributed by atoms with Crippen molar-refractivity contribution in [2.24, 2.45) is 0 Å². The van der Waals surface area contributed by atoms with Crippen LogP contribution in [0.3, 0.4) is 0 Å². The van der Waals surface area contributed by atoms with Crippen LogP contribution >= 0.6 is 11.3 Å². The molecule has 17 heavy (non-hydrogen) atoms. The van der Waals surface area contributed by atoms with Gasteiger partial charge in [-0.05, 0) is 59.9 Å². The SMILES string of the molecule is CC(O)(CCc1ccsc1)c1cccc(F)c1. The third kappa shape index (κ3) is 3.14. The monoisotopic (exact) mass is 250 g/mol. The lowest BCUT2D eigenvalue weighted by Crippen LogP contribution is -2.22. The summed E-state index contributed by atoms with van der Waals surface area (Å²) in [6, 6.07) is 8.22. The summed E-state index contributed by atoms with van der Waals surface area (Å²) in [7, 11) is 0. The van der Waals surface area contributed by atoms with Gasteiger partial charge in [0.1, 0.15) is 5.82 Å². The normalized spacial score (nSPS) is 14.5. The molecule has 0 aliphatic rings. The second kappa shape index (κ2) is 4.98. The van der Waals surface area contributed by atoms with Crippen LogP contribution in [0.1, 0.15) is 24.5 Å². The summed E-state index contributed by atoms with van der Waals surface area (Å²) in [6.45, 7) is 1.73. The first-order valence-electron chi connectivity index (χ1n) is 5.57. The van der Waals surface area contributed by atoms with E-state index in [4.69, 9.17) is 0 Å². The molecule has 2 rings (SSSR count). The summed E-state index contributed by atoms with van der Waals surface area (Å²) < 4.78 is 13.1. The lowest BCUT2D eigenvalue weighted by atomic mass is 9.90. The van der Waals surface area contributed by atoms with Gasteiger partial charge in [-0.3, -0.25) is 0 Å². The molecule has 1 aromatic carbocycles. The van der Waals surface area contributed by atoms with Crippen molar-refractivity contribution < 1.29 is 9.50 Å². The van der Waals surface area contributed by atoms with E-state index in [0.717, 1.165) is 6.42 Å². The van der Waals surface area contributed by atoms with Gasteiger partial charge < -0.3 is 5.11 Å². The van der Waals surface area contributed by atoms with Gasteiger partial charge in [-0.15, -0.1) is 0 Å². The zero-order valence-electron chi connectivity index (χ0n) is 9.69. The molecule has 2 aromatic rings. The highest BCUT2D eigenvalue weighted by molar-refractivity contribution is 7.07. The molecule has 1 N–H and O–H groups in total. The molecule has 1 atom stereocenters. The van der Waals surface area contributed by atoms with Gasteiger partial charge in [0.05, 0.1) is 5.60 Å². The summed E-state index contributed by atoms with van der Waals surface area (Å²) in [5, 5.41) is 14.4. The quantitative estimate of drug-likeness (QED) is 0.876. The molecule has 0 aliphatic carbocycles. The van der Waals surface area contributed by atoms with Crippen LogP contribution in [0.2, 0.25) is 0 Å². The van der Waals surface area contributed by atoms with Gasteiger partial charge in [0.15, 0.2) is 0 Å². The molecule has 1 heterocycles. The van der Waals surface area contributed by atoms with Gasteiger partial charge in [0, 0.05) is 0 Å². The van der Waals surface area contributed by atoms with Gasteiger partial charge in [-0.2, -0.15) is 11.3 Å². The predicted octanol–water partition coefficient (Wildman–Crippen LogP) is 3.73. The lowest BCUT2D eigenvalue weighted by Gasteiger charge is -2.23. The molecule has 0 aliphatic heterocycles. The molecule has 90 valence electrons. The van der Waals surface area contributed by atoms with Crippen molar-refractivity contribution in [3.8, 4) is 0 Å². The standard InChI is InChI=1S/C14H15FOS/c1-14(16,7-5-11-6-8-17-10-11)12-3-2-4-13(15)9-12/h2-4,6,8-10,16H,5,7H2,1H3. The minimum Gasteiger partial charge on any atom is -0.385 e. The number of rotatable bonds is 4. The zero-order valence-corrected chi connectivity index (χ0v) is 10.5. The van der Waals surface area contributed by atoms with Crippen LogP contribution in [0.15, 0.2) is 41.1 Å². The van der Waals surface area contributed by atoms with Gasteiger partial charge in [0.25, 0.3) is 0 Å². The van der Waals surface area contributed by atoms with Crippen molar-refractivity contribution in [2.45, 2.75) is 25.4 Å². The van der Waals surface area contributed by atoms with Crippen LogP contribution in [-0.2, 0) is 12.0 Å². The summed E-state index contributed by atoms with van der Waals surface area (Å²) in [5.41, 5.74) is 0.865. The third-order valence-corrected chi connectivity index (χ3v) is 3.66. The number of aliphatic hydroxyl groups is 1. The number of hydrogen-bond donors (Lipinski definition) is 1. The fraction of sp³-hybridized carbons (Fsp3) is 0.286. The number of hydrogen-bond acceptors (Lipinski definition) is 2. The maximum atomic E-state index is 13.1. The molecular weight excluding hydrogens is 235 g/mol. The van der Waals surface area contributed by atoms with Crippen molar-refractivity contribution in [3.63, 3.8) is 0 Å². The van der Waals surface area contributed by atoms with Crippen LogP contribution in [0.5, 0.6) is 0 Å². The van der Waals surface area contributed by atoms with E-state index in [1.165, 1.54) is 17.7 Å². The molecule has 0 bridgehead atoms. The minimum absolute atomic E-state index is 0.307. The molecule has 1 nitrogen and oxygen atoms in total. The Hall–Kier alpha value is -1.19. The summed E-state index contributed by atoms with van der Waals surface area (Å²) in [4.78, 5) is 0. The van der Waals surface area contributed by atoms with E-state index in [9.17, 15) is 9.50 Å². The van der Waals surface area contributed by atoms with Crippen molar-refractivity contribution in [2.75, 3.05) is 0 Å². The fourth-order valence-electron chi connectivity index (χ4n) is 1.79. The smallest absolute Gasteiger partial charge is 0.123 e. The number of thiophene rings is 1. The Morgan fingerprint density at radius 3 is 2.82 bits per heavy atom. The molecular formula is C14H15FOS. The van der Waals surface area contributed by atoms with Crippen LogP contribution in [0, 0.1) is 5.82 Å². The number of halogens is 1. The van der Waals surface area contributed by atoms with Gasteiger partial charge in [-0.25, -0.2) is 4.39 Å². The average Bonchev–Trinajstić information content (AvgIpc) is 2.79. The highest BCUT2D eigenvalue weighted by Crippen LogP contribution is 2.27. The Labute approximate surface area is 105 Å².